The summed E-state index contributed by atoms with van der Waals surface area (Å²) in [6.45, 7) is 6.93. The summed E-state index contributed by atoms with van der Waals surface area (Å²) in [6, 6.07) is 4.43. The average molecular weight is 325 g/mol. The normalized spacial score (nSPS) is 19.6. The van der Waals surface area contributed by atoms with Gasteiger partial charge >= 0.3 is 0 Å². The van der Waals surface area contributed by atoms with Crippen LogP contribution in [0.2, 0.25) is 0 Å². The van der Waals surface area contributed by atoms with Crippen molar-refractivity contribution in [3.05, 3.63) is 29.6 Å². The fraction of sp³-hybridized carbons (Fsp3) is 0.562. The van der Waals surface area contributed by atoms with Gasteiger partial charge in [0.2, 0.25) is 0 Å². The molecule has 6 heteroatoms. The van der Waals surface area contributed by atoms with Crippen LogP contribution in [0.25, 0.3) is 0 Å². The maximum Gasteiger partial charge on any atom is 0.193 e. The molecule has 22 heavy (non-hydrogen) atoms. The van der Waals surface area contributed by atoms with Gasteiger partial charge in [0, 0.05) is 37.7 Å². The van der Waals surface area contributed by atoms with Gasteiger partial charge in [-0.2, -0.15) is 11.8 Å². The van der Waals surface area contributed by atoms with E-state index >= 15 is 0 Å². The van der Waals surface area contributed by atoms with Gasteiger partial charge in [0.25, 0.3) is 0 Å². The Hall–Kier alpha value is -1.43. The highest BCUT2D eigenvalue weighted by molar-refractivity contribution is 8.00. The van der Waals surface area contributed by atoms with Gasteiger partial charge in [-0.1, -0.05) is 19.9 Å². The first-order chi connectivity index (χ1) is 10.5. The summed E-state index contributed by atoms with van der Waals surface area (Å²) < 4.78 is 13.4. The number of aliphatic imine (C=N–C) groups is 1. The van der Waals surface area contributed by atoms with E-state index in [0.717, 1.165) is 30.4 Å². The molecule has 1 aliphatic rings. The SMILES string of the molecule is CN=C(NCc1ccc(O)c(F)c1)N1CCSC(C(C)C)C1. The quantitative estimate of drug-likeness (QED) is 0.663. The third kappa shape index (κ3) is 4.29. The van der Waals surface area contributed by atoms with E-state index in [9.17, 15) is 9.50 Å². The molecule has 2 N–H and O–H groups in total. The number of phenolic OH excluding ortho intramolecular Hbond substituents is 1. The molecule has 122 valence electrons. The second-order valence-electron chi connectivity index (χ2n) is 5.79. The summed E-state index contributed by atoms with van der Waals surface area (Å²) in [5.74, 6) is 1.67. The summed E-state index contributed by atoms with van der Waals surface area (Å²) >= 11 is 2.02. The molecular formula is C16H24FN3OS. The molecule has 1 aliphatic heterocycles. The van der Waals surface area contributed by atoms with E-state index in [2.05, 4.69) is 29.1 Å². The maximum atomic E-state index is 13.4. The largest absolute Gasteiger partial charge is 0.505 e. The van der Waals surface area contributed by atoms with Crippen LogP contribution in [0.1, 0.15) is 19.4 Å². The first kappa shape index (κ1) is 16.9. The number of halogens is 1. The molecule has 1 heterocycles. The Kier molecular flexibility index (Phi) is 5.94. The molecule has 0 bridgehead atoms. The average Bonchev–Trinajstić information content (AvgIpc) is 2.51. The molecule has 0 spiro atoms. The van der Waals surface area contributed by atoms with Crippen molar-refractivity contribution in [2.45, 2.75) is 25.6 Å². The molecular weight excluding hydrogens is 301 g/mol. The first-order valence-corrected chi connectivity index (χ1v) is 8.60. The van der Waals surface area contributed by atoms with Gasteiger partial charge in [0.05, 0.1) is 0 Å². The molecule has 1 unspecified atom stereocenters. The summed E-state index contributed by atoms with van der Waals surface area (Å²) in [6.07, 6.45) is 0. The van der Waals surface area contributed by atoms with Gasteiger partial charge in [0.1, 0.15) is 0 Å². The van der Waals surface area contributed by atoms with Gasteiger partial charge < -0.3 is 15.3 Å². The van der Waals surface area contributed by atoms with Crippen molar-refractivity contribution in [3.8, 4) is 5.75 Å². The Morgan fingerprint density at radius 3 is 2.95 bits per heavy atom. The van der Waals surface area contributed by atoms with Gasteiger partial charge in [-0.15, -0.1) is 0 Å². The van der Waals surface area contributed by atoms with E-state index in [1.807, 2.05) is 11.8 Å². The Morgan fingerprint density at radius 2 is 2.32 bits per heavy atom. The first-order valence-electron chi connectivity index (χ1n) is 7.56. The van der Waals surface area contributed by atoms with Gasteiger partial charge in [-0.3, -0.25) is 4.99 Å². The lowest BCUT2D eigenvalue weighted by molar-refractivity contribution is 0.380. The van der Waals surface area contributed by atoms with Crippen molar-refractivity contribution >= 4 is 17.7 Å². The molecule has 0 aromatic heterocycles. The number of hydrogen-bond donors (Lipinski definition) is 2. The van der Waals surface area contributed by atoms with Gasteiger partial charge in [-0.25, -0.2) is 4.39 Å². The van der Waals surface area contributed by atoms with Crippen molar-refractivity contribution in [1.82, 2.24) is 10.2 Å². The molecule has 1 aromatic rings. The van der Waals surface area contributed by atoms with E-state index < -0.39 is 5.82 Å². The second kappa shape index (κ2) is 7.72. The summed E-state index contributed by atoms with van der Waals surface area (Å²) in [4.78, 5) is 6.60. The molecule has 4 nitrogen and oxygen atoms in total. The van der Waals surface area contributed by atoms with Crippen molar-refractivity contribution in [3.63, 3.8) is 0 Å². The third-order valence-electron chi connectivity index (χ3n) is 3.81. The monoisotopic (exact) mass is 325 g/mol. The highest BCUT2D eigenvalue weighted by Gasteiger charge is 2.24. The lowest BCUT2D eigenvalue weighted by Crippen LogP contribution is -2.48. The number of guanidine groups is 1. The van der Waals surface area contributed by atoms with Crippen LogP contribution in [0.3, 0.4) is 0 Å². The minimum absolute atomic E-state index is 0.319. The zero-order valence-electron chi connectivity index (χ0n) is 13.3. The Morgan fingerprint density at radius 1 is 1.55 bits per heavy atom. The van der Waals surface area contributed by atoms with Crippen LogP contribution in [-0.2, 0) is 6.54 Å². The maximum absolute atomic E-state index is 13.4. The molecule has 1 fully saturated rings. The van der Waals surface area contributed by atoms with Crippen molar-refractivity contribution in [1.29, 1.82) is 0 Å². The van der Waals surface area contributed by atoms with Crippen LogP contribution in [0.4, 0.5) is 4.39 Å². The van der Waals surface area contributed by atoms with Crippen LogP contribution < -0.4 is 5.32 Å². The minimum atomic E-state index is -0.594. The van der Waals surface area contributed by atoms with Crippen molar-refractivity contribution in [2.24, 2.45) is 10.9 Å². The highest BCUT2D eigenvalue weighted by atomic mass is 32.2. The molecule has 0 amide bonds. The standard InChI is InChI=1S/C16H24FN3OS/c1-11(2)15-10-20(6-7-22-15)16(18-3)19-9-12-4-5-14(21)13(17)8-12/h4-5,8,11,15,21H,6-7,9-10H2,1-3H3,(H,18,19). The molecule has 1 aromatic carbocycles. The van der Waals surface area contributed by atoms with Crippen LogP contribution in [0, 0.1) is 11.7 Å². The Bertz CT molecular complexity index is 536. The lowest BCUT2D eigenvalue weighted by Gasteiger charge is -2.36. The van der Waals surface area contributed by atoms with E-state index in [4.69, 9.17) is 0 Å². The Labute approximate surface area is 135 Å². The fourth-order valence-electron chi connectivity index (χ4n) is 2.44. The summed E-state index contributed by atoms with van der Waals surface area (Å²) in [7, 11) is 1.77. The molecule has 0 aliphatic carbocycles. The summed E-state index contributed by atoms with van der Waals surface area (Å²) in [5, 5.41) is 13.1. The van der Waals surface area contributed by atoms with Gasteiger partial charge in [-0.05, 0) is 23.6 Å². The third-order valence-corrected chi connectivity index (χ3v) is 5.35. The number of nitrogens with zero attached hydrogens (tertiary/aromatic N) is 2. The zero-order valence-corrected chi connectivity index (χ0v) is 14.2. The molecule has 2 rings (SSSR count). The minimum Gasteiger partial charge on any atom is -0.505 e. The van der Waals surface area contributed by atoms with Crippen molar-refractivity contribution < 1.29 is 9.50 Å². The molecule has 0 saturated carbocycles. The number of aromatic hydroxyl groups is 1. The summed E-state index contributed by atoms with van der Waals surface area (Å²) in [5.41, 5.74) is 0.781. The van der Waals surface area contributed by atoms with E-state index in [0.29, 0.717) is 17.7 Å². The van der Waals surface area contributed by atoms with Crippen LogP contribution in [0.5, 0.6) is 5.75 Å². The number of rotatable bonds is 3. The number of hydrogen-bond acceptors (Lipinski definition) is 3. The van der Waals surface area contributed by atoms with E-state index in [-0.39, 0.29) is 5.75 Å². The van der Waals surface area contributed by atoms with Crippen LogP contribution >= 0.6 is 11.8 Å². The zero-order chi connectivity index (χ0) is 16.1. The van der Waals surface area contributed by atoms with Crippen LogP contribution in [0.15, 0.2) is 23.2 Å². The molecule has 0 radical (unpaired) electrons. The number of phenols is 1. The van der Waals surface area contributed by atoms with E-state index in [1.54, 1.807) is 13.1 Å². The van der Waals surface area contributed by atoms with Gasteiger partial charge in [0.15, 0.2) is 17.5 Å². The predicted molar refractivity (Wildman–Crippen MR) is 90.9 cm³/mol. The second-order valence-corrected chi connectivity index (χ2v) is 7.13. The topological polar surface area (TPSA) is 47.9 Å². The highest BCUT2D eigenvalue weighted by Crippen LogP contribution is 2.25. The number of nitrogens with one attached hydrogen (secondary N) is 1. The molecule has 1 saturated heterocycles. The number of thioether (sulfide) groups is 1. The number of benzene rings is 1. The smallest absolute Gasteiger partial charge is 0.193 e. The Balaban J connectivity index is 1.96. The van der Waals surface area contributed by atoms with Crippen LogP contribution in [-0.4, -0.2) is 47.1 Å². The predicted octanol–water partition coefficient (Wildman–Crippen LogP) is 2.68. The molecule has 1 atom stereocenters. The fourth-order valence-corrected chi connectivity index (χ4v) is 3.74. The van der Waals surface area contributed by atoms with Crippen molar-refractivity contribution in [2.75, 3.05) is 25.9 Å². The van der Waals surface area contributed by atoms with E-state index in [1.165, 1.54) is 12.1 Å². The lowest BCUT2D eigenvalue weighted by atomic mass is 10.1.